The first-order valence-electron chi connectivity index (χ1n) is 10.5. The molecule has 0 aromatic heterocycles. The van der Waals surface area contributed by atoms with E-state index in [1.807, 2.05) is 46.8 Å². The molecule has 2 rings (SSSR count). The van der Waals surface area contributed by atoms with Gasteiger partial charge in [-0.1, -0.05) is 18.2 Å². The maximum absolute atomic E-state index is 13.0. The Bertz CT molecular complexity index is 1110. The fourth-order valence-electron chi connectivity index (χ4n) is 3.60. The first kappa shape index (κ1) is 25.5. The smallest absolute Gasteiger partial charge is 0.241 e. The van der Waals surface area contributed by atoms with Crippen molar-refractivity contribution in [3.63, 3.8) is 0 Å². The van der Waals surface area contributed by atoms with Crippen LogP contribution in [0.15, 0.2) is 29.2 Å². The molecule has 0 heterocycles. The summed E-state index contributed by atoms with van der Waals surface area (Å²) in [7, 11) is -2.07. The summed E-state index contributed by atoms with van der Waals surface area (Å²) < 4.78 is 28.5. The molecule has 0 atom stereocenters. The van der Waals surface area contributed by atoms with E-state index in [2.05, 4.69) is 10.0 Å². The summed E-state index contributed by atoms with van der Waals surface area (Å²) >= 11 is 0. The summed E-state index contributed by atoms with van der Waals surface area (Å²) in [6.45, 7) is 11.3. The molecule has 8 heteroatoms. The molecule has 0 aliphatic heterocycles. The first-order chi connectivity index (χ1) is 14.9. The molecular weight excluding hydrogens is 426 g/mol. The van der Waals surface area contributed by atoms with Crippen LogP contribution in [0.2, 0.25) is 0 Å². The molecule has 32 heavy (non-hydrogen) atoms. The van der Waals surface area contributed by atoms with Gasteiger partial charge in [0.2, 0.25) is 21.8 Å². The molecule has 2 N–H and O–H groups in total. The van der Waals surface area contributed by atoms with Crippen LogP contribution in [0.25, 0.3) is 0 Å². The molecule has 2 aromatic carbocycles. The molecule has 0 radical (unpaired) electrons. The van der Waals surface area contributed by atoms with Crippen molar-refractivity contribution in [2.45, 2.75) is 59.4 Å². The van der Waals surface area contributed by atoms with Gasteiger partial charge in [-0.15, -0.1) is 0 Å². The van der Waals surface area contributed by atoms with Crippen LogP contribution in [0, 0.1) is 34.6 Å². The van der Waals surface area contributed by atoms with Gasteiger partial charge in [0, 0.05) is 39.2 Å². The summed E-state index contributed by atoms with van der Waals surface area (Å²) in [4.78, 5) is 25.8. The lowest BCUT2D eigenvalue weighted by molar-refractivity contribution is -0.128. The average Bonchev–Trinajstić information content (AvgIpc) is 2.71. The van der Waals surface area contributed by atoms with Crippen LogP contribution in [-0.4, -0.2) is 38.7 Å². The van der Waals surface area contributed by atoms with E-state index < -0.39 is 10.0 Å². The number of sulfonamides is 1. The van der Waals surface area contributed by atoms with Crippen molar-refractivity contribution in [2.75, 3.05) is 18.9 Å². The summed E-state index contributed by atoms with van der Waals surface area (Å²) in [5.74, 6) is -0.386. The van der Waals surface area contributed by atoms with Crippen molar-refractivity contribution in [2.24, 2.45) is 0 Å². The maximum atomic E-state index is 13.0. The Labute approximate surface area is 191 Å². The second-order valence-corrected chi connectivity index (χ2v) is 9.89. The van der Waals surface area contributed by atoms with Gasteiger partial charge >= 0.3 is 0 Å². The zero-order valence-corrected chi connectivity index (χ0v) is 20.7. The summed E-state index contributed by atoms with van der Waals surface area (Å²) in [6, 6.07) is 7.23. The van der Waals surface area contributed by atoms with E-state index in [1.165, 1.54) is 6.92 Å². The van der Waals surface area contributed by atoms with Crippen LogP contribution >= 0.6 is 0 Å². The Kier molecular flexibility index (Phi) is 8.20. The van der Waals surface area contributed by atoms with Gasteiger partial charge in [0.05, 0.1) is 4.90 Å². The Morgan fingerprint density at radius 2 is 1.44 bits per heavy atom. The molecule has 0 aliphatic rings. The van der Waals surface area contributed by atoms with E-state index in [0.29, 0.717) is 12.2 Å². The predicted octanol–water partition coefficient (Wildman–Crippen LogP) is 3.51. The van der Waals surface area contributed by atoms with Gasteiger partial charge in [-0.3, -0.25) is 9.59 Å². The Morgan fingerprint density at radius 1 is 0.906 bits per heavy atom. The number of nitrogens with one attached hydrogen (secondary N) is 2. The minimum Gasteiger partial charge on any atom is -0.342 e. The number of anilines is 1. The third-order valence-corrected chi connectivity index (χ3v) is 7.81. The highest BCUT2D eigenvalue weighted by molar-refractivity contribution is 7.89. The Morgan fingerprint density at radius 3 is 2.00 bits per heavy atom. The quantitative estimate of drug-likeness (QED) is 0.631. The molecule has 174 valence electrons. The maximum Gasteiger partial charge on any atom is 0.241 e. The number of carbonyl (C=O) groups is 2. The predicted molar refractivity (Wildman–Crippen MR) is 127 cm³/mol. The molecule has 0 aliphatic carbocycles. The second-order valence-electron chi connectivity index (χ2n) is 8.18. The SMILES string of the molecule is CC(=O)N(C)Cc1ccccc1NC(=O)CCNS(=O)(=O)c1c(C)c(C)c(C)c(C)c1C. The zero-order chi connectivity index (χ0) is 24.2. The highest BCUT2D eigenvalue weighted by Gasteiger charge is 2.23. The summed E-state index contributed by atoms with van der Waals surface area (Å²) in [5, 5.41) is 2.82. The number of para-hydroxylation sites is 1. The van der Waals surface area contributed by atoms with E-state index in [9.17, 15) is 18.0 Å². The fraction of sp³-hybridized carbons (Fsp3) is 0.417. The van der Waals surface area contributed by atoms with Crippen LogP contribution in [0.1, 0.15) is 46.7 Å². The van der Waals surface area contributed by atoms with Crippen LogP contribution in [0.5, 0.6) is 0 Å². The van der Waals surface area contributed by atoms with E-state index >= 15 is 0 Å². The van der Waals surface area contributed by atoms with Gasteiger partial charge in [-0.2, -0.15) is 0 Å². The van der Waals surface area contributed by atoms with Gasteiger partial charge in [0.15, 0.2) is 0 Å². The van der Waals surface area contributed by atoms with Crippen molar-refractivity contribution in [1.29, 1.82) is 0 Å². The minimum absolute atomic E-state index is 0.0158. The number of amides is 2. The highest BCUT2D eigenvalue weighted by atomic mass is 32.2. The Balaban J connectivity index is 2.08. The van der Waals surface area contributed by atoms with Gasteiger partial charge < -0.3 is 10.2 Å². The van der Waals surface area contributed by atoms with E-state index in [1.54, 1.807) is 24.1 Å². The van der Waals surface area contributed by atoms with E-state index in [4.69, 9.17) is 0 Å². The number of carbonyl (C=O) groups excluding carboxylic acids is 2. The van der Waals surface area contributed by atoms with Gasteiger partial charge in [0.1, 0.15) is 0 Å². The zero-order valence-electron chi connectivity index (χ0n) is 19.9. The largest absolute Gasteiger partial charge is 0.342 e. The molecule has 2 aromatic rings. The molecule has 0 unspecified atom stereocenters. The number of nitrogens with zero attached hydrogens (tertiary/aromatic N) is 1. The van der Waals surface area contributed by atoms with Crippen molar-refractivity contribution < 1.29 is 18.0 Å². The number of rotatable bonds is 8. The van der Waals surface area contributed by atoms with E-state index in [0.717, 1.165) is 33.4 Å². The van der Waals surface area contributed by atoms with Gasteiger partial charge in [0.25, 0.3) is 0 Å². The average molecular weight is 460 g/mol. The summed E-state index contributed by atoms with van der Waals surface area (Å²) in [6.07, 6.45) is -0.0158. The standard InChI is InChI=1S/C24H33N3O4S/c1-15-16(2)18(4)24(19(5)17(15)3)32(30,31)25-13-12-23(29)26-22-11-9-8-10-21(22)14-27(7)20(6)28/h8-11,25H,12-14H2,1-7H3,(H,26,29). The van der Waals surface area contributed by atoms with Crippen molar-refractivity contribution in [3.8, 4) is 0 Å². The normalized spacial score (nSPS) is 11.3. The highest BCUT2D eigenvalue weighted by Crippen LogP contribution is 2.29. The number of hydrogen-bond acceptors (Lipinski definition) is 4. The second kappa shape index (κ2) is 10.3. The van der Waals surface area contributed by atoms with Crippen LogP contribution in [-0.2, 0) is 26.2 Å². The lowest BCUT2D eigenvalue weighted by Crippen LogP contribution is -2.29. The number of hydrogen-bond donors (Lipinski definition) is 2. The summed E-state index contributed by atoms with van der Waals surface area (Å²) in [5.41, 5.74) is 5.86. The van der Waals surface area contributed by atoms with Crippen molar-refractivity contribution in [1.82, 2.24) is 9.62 Å². The third-order valence-electron chi connectivity index (χ3n) is 6.08. The molecule has 7 nitrogen and oxygen atoms in total. The molecular formula is C24H33N3O4S. The molecule has 0 saturated heterocycles. The van der Waals surface area contributed by atoms with Crippen LogP contribution in [0.4, 0.5) is 5.69 Å². The van der Waals surface area contributed by atoms with Crippen LogP contribution < -0.4 is 10.0 Å². The topological polar surface area (TPSA) is 95.6 Å². The molecule has 0 saturated carbocycles. The first-order valence-corrected chi connectivity index (χ1v) is 12.0. The lowest BCUT2D eigenvalue weighted by atomic mass is 9.95. The van der Waals surface area contributed by atoms with Crippen molar-refractivity contribution in [3.05, 3.63) is 57.6 Å². The molecule has 0 fully saturated rings. The molecule has 0 spiro atoms. The van der Waals surface area contributed by atoms with Crippen molar-refractivity contribution >= 4 is 27.5 Å². The molecule has 0 bridgehead atoms. The minimum atomic E-state index is -3.76. The number of benzene rings is 2. The Hall–Kier alpha value is -2.71. The molecule has 2 amide bonds. The lowest BCUT2D eigenvalue weighted by Gasteiger charge is -2.19. The van der Waals surface area contributed by atoms with Crippen LogP contribution in [0.3, 0.4) is 0 Å². The fourth-order valence-corrected chi connectivity index (χ4v) is 5.23. The van der Waals surface area contributed by atoms with Gasteiger partial charge in [-0.05, 0) is 74.1 Å². The van der Waals surface area contributed by atoms with Gasteiger partial charge in [-0.25, -0.2) is 13.1 Å². The monoisotopic (exact) mass is 459 g/mol. The third kappa shape index (κ3) is 5.75. The van der Waals surface area contributed by atoms with E-state index in [-0.39, 0.29) is 29.7 Å².